The van der Waals surface area contributed by atoms with Gasteiger partial charge in [-0.15, -0.1) is 0 Å². The summed E-state index contributed by atoms with van der Waals surface area (Å²) in [6, 6.07) is 10.9. The Kier molecular flexibility index (Phi) is 5.90. The molecule has 0 unspecified atom stereocenters. The SMILES string of the molecule is CC(C)Oc1ccc(CNC(=O)CCCn2c(=O)oc3ccccc32)cn1. The van der Waals surface area contributed by atoms with Crippen LogP contribution in [0.15, 0.2) is 51.8 Å². The average molecular weight is 369 g/mol. The van der Waals surface area contributed by atoms with Crippen LogP contribution in [-0.2, 0) is 17.9 Å². The van der Waals surface area contributed by atoms with E-state index >= 15 is 0 Å². The molecule has 1 N–H and O–H groups in total. The second-order valence-corrected chi connectivity index (χ2v) is 6.54. The molecule has 3 rings (SSSR count). The van der Waals surface area contributed by atoms with E-state index in [1.165, 1.54) is 0 Å². The van der Waals surface area contributed by atoms with Crippen molar-refractivity contribution in [2.75, 3.05) is 0 Å². The van der Waals surface area contributed by atoms with Crippen LogP contribution in [0.25, 0.3) is 11.1 Å². The maximum atomic E-state index is 12.0. The van der Waals surface area contributed by atoms with Gasteiger partial charge in [-0.25, -0.2) is 9.78 Å². The minimum atomic E-state index is -0.397. The Morgan fingerprint density at radius 2 is 2.07 bits per heavy atom. The van der Waals surface area contributed by atoms with Gasteiger partial charge in [0, 0.05) is 31.8 Å². The van der Waals surface area contributed by atoms with Crippen LogP contribution >= 0.6 is 0 Å². The molecule has 1 aromatic carbocycles. The van der Waals surface area contributed by atoms with E-state index < -0.39 is 5.76 Å². The molecule has 0 spiro atoms. The molecule has 3 aromatic rings. The molecule has 0 aliphatic carbocycles. The number of hydrogen-bond acceptors (Lipinski definition) is 5. The molecule has 2 heterocycles. The summed E-state index contributed by atoms with van der Waals surface area (Å²) in [5.41, 5.74) is 2.21. The number of carbonyl (C=O) groups excluding carboxylic acids is 1. The normalized spacial score (nSPS) is 11.1. The average Bonchev–Trinajstić information content (AvgIpc) is 2.96. The fraction of sp³-hybridized carbons (Fsp3) is 0.350. The number of oxazole rings is 1. The minimum absolute atomic E-state index is 0.0710. The van der Waals surface area contributed by atoms with Crippen LogP contribution in [0.4, 0.5) is 0 Å². The summed E-state index contributed by atoms with van der Waals surface area (Å²) >= 11 is 0. The first-order valence-corrected chi connectivity index (χ1v) is 8.99. The van der Waals surface area contributed by atoms with E-state index in [0.717, 1.165) is 11.1 Å². The van der Waals surface area contributed by atoms with Crippen LogP contribution < -0.4 is 15.8 Å². The van der Waals surface area contributed by atoms with Crippen LogP contribution in [0.5, 0.6) is 5.88 Å². The predicted octanol–water partition coefficient (Wildman–Crippen LogP) is 2.87. The lowest BCUT2D eigenvalue weighted by molar-refractivity contribution is -0.121. The van der Waals surface area contributed by atoms with E-state index in [-0.39, 0.29) is 12.0 Å². The number of fused-ring (bicyclic) bond motifs is 1. The van der Waals surface area contributed by atoms with Gasteiger partial charge in [0.1, 0.15) is 0 Å². The maximum Gasteiger partial charge on any atom is 0.419 e. The molecule has 0 saturated heterocycles. The summed E-state index contributed by atoms with van der Waals surface area (Å²) in [7, 11) is 0. The first kappa shape index (κ1) is 18.7. The summed E-state index contributed by atoms with van der Waals surface area (Å²) in [6.07, 6.45) is 2.64. The Bertz CT molecular complexity index is 957. The number of nitrogens with one attached hydrogen (secondary N) is 1. The highest BCUT2D eigenvalue weighted by Crippen LogP contribution is 2.12. The lowest BCUT2D eigenvalue weighted by Crippen LogP contribution is -2.23. The number of hydrogen-bond donors (Lipinski definition) is 1. The van der Waals surface area contributed by atoms with Crippen molar-refractivity contribution in [3.8, 4) is 5.88 Å². The quantitative estimate of drug-likeness (QED) is 0.660. The molecule has 0 aliphatic rings. The van der Waals surface area contributed by atoms with Crippen molar-refractivity contribution >= 4 is 17.0 Å². The van der Waals surface area contributed by atoms with Gasteiger partial charge in [-0.05, 0) is 38.0 Å². The predicted molar refractivity (Wildman–Crippen MR) is 102 cm³/mol. The third kappa shape index (κ3) is 4.97. The number of ether oxygens (including phenoxy) is 1. The van der Waals surface area contributed by atoms with Gasteiger partial charge in [-0.2, -0.15) is 0 Å². The van der Waals surface area contributed by atoms with Gasteiger partial charge in [-0.1, -0.05) is 18.2 Å². The standard InChI is InChI=1S/C20H23N3O4/c1-14(2)26-19-10-9-15(13-22-19)12-21-18(24)8-5-11-23-16-6-3-4-7-17(16)27-20(23)25/h3-4,6-7,9-10,13-14H,5,8,11-12H2,1-2H3,(H,21,24). The zero-order valence-electron chi connectivity index (χ0n) is 15.5. The highest BCUT2D eigenvalue weighted by molar-refractivity contribution is 5.76. The Hall–Kier alpha value is -3.09. The Morgan fingerprint density at radius 3 is 2.81 bits per heavy atom. The van der Waals surface area contributed by atoms with E-state index in [1.54, 1.807) is 22.9 Å². The second kappa shape index (κ2) is 8.53. The highest BCUT2D eigenvalue weighted by Gasteiger charge is 2.09. The summed E-state index contributed by atoms with van der Waals surface area (Å²) < 4.78 is 12.2. The largest absolute Gasteiger partial charge is 0.475 e. The maximum absolute atomic E-state index is 12.0. The molecule has 1 amide bonds. The van der Waals surface area contributed by atoms with Gasteiger partial charge in [0.05, 0.1) is 11.6 Å². The molecule has 0 saturated carbocycles. The number of carbonyl (C=O) groups is 1. The van der Waals surface area contributed by atoms with Crippen molar-refractivity contribution in [2.45, 2.75) is 45.9 Å². The van der Waals surface area contributed by atoms with Gasteiger partial charge in [0.25, 0.3) is 0 Å². The third-order valence-corrected chi connectivity index (χ3v) is 4.00. The van der Waals surface area contributed by atoms with E-state index in [0.29, 0.717) is 37.4 Å². The molecule has 0 bridgehead atoms. The number of pyridine rings is 1. The molecular weight excluding hydrogens is 346 g/mol. The number of para-hydroxylation sites is 2. The number of nitrogens with zero attached hydrogens (tertiary/aromatic N) is 2. The van der Waals surface area contributed by atoms with Crippen LogP contribution in [0.2, 0.25) is 0 Å². The molecule has 7 nitrogen and oxygen atoms in total. The topological polar surface area (TPSA) is 86.4 Å². The molecule has 0 atom stereocenters. The van der Waals surface area contributed by atoms with Crippen molar-refractivity contribution in [3.05, 3.63) is 58.7 Å². The smallest absolute Gasteiger partial charge is 0.419 e. The molecule has 7 heteroatoms. The highest BCUT2D eigenvalue weighted by atomic mass is 16.5. The lowest BCUT2D eigenvalue weighted by Gasteiger charge is -2.09. The fourth-order valence-electron chi connectivity index (χ4n) is 2.74. The minimum Gasteiger partial charge on any atom is -0.475 e. The van der Waals surface area contributed by atoms with Crippen LogP contribution in [0, 0.1) is 0 Å². The summed E-state index contributed by atoms with van der Waals surface area (Å²) in [6.45, 7) is 4.72. The summed E-state index contributed by atoms with van der Waals surface area (Å²) in [5.74, 6) is 0.0996. The van der Waals surface area contributed by atoms with E-state index in [4.69, 9.17) is 9.15 Å². The molecule has 0 radical (unpaired) electrons. The van der Waals surface area contributed by atoms with Gasteiger partial charge in [0.2, 0.25) is 11.8 Å². The number of benzene rings is 1. The van der Waals surface area contributed by atoms with Crippen molar-refractivity contribution in [1.82, 2.24) is 14.9 Å². The van der Waals surface area contributed by atoms with E-state index in [9.17, 15) is 9.59 Å². The monoisotopic (exact) mass is 369 g/mol. The second-order valence-electron chi connectivity index (χ2n) is 6.54. The van der Waals surface area contributed by atoms with Gasteiger partial charge in [0.15, 0.2) is 5.58 Å². The summed E-state index contributed by atoms with van der Waals surface area (Å²) in [4.78, 5) is 28.1. The molecular formula is C20H23N3O4. The molecule has 142 valence electrons. The van der Waals surface area contributed by atoms with Crippen LogP contribution in [-0.4, -0.2) is 21.6 Å². The van der Waals surface area contributed by atoms with Crippen LogP contribution in [0.1, 0.15) is 32.3 Å². The van der Waals surface area contributed by atoms with E-state index in [1.807, 2.05) is 38.1 Å². The molecule has 27 heavy (non-hydrogen) atoms. The molecule has 0 fully saturated rings. The molecule has 2 aromatic heterocycles. The Morgan fingerprint density at radius 1 is 1.26 bits per heavy atom. The van der Waals surface area contributed by atoms with E-state index in [2.05, 4.69) is 10.3 Å². The zero-order chi connectivity index (χ0) is 19.2. The van der Waals surface area contributed by atoms with Gasteiger partial charge >= 0.3 is 5.76 Å². The fourth-order valence-corrected chi connectivity index (χ4v) is 2.74. The van der Waals surface area contributed by atoms with Crippen molar-refractivity contribution < 1.29 is 13.9 Å². The Balaban J connectivity index is 1.46. The van der Waals surface area contributed by atoms with Crippen LogP contribution in [0.3, 0.4) is 0 Å². The van der Waals surface area contributed by atoms with Crippen molar-refractivity contribution in [3.63, 3.8) is 0 Å². The zero-order valence-corrected chi connectivity index (χ0v) is 15.5. The lowest BCUT2D eigenvalue weighted by atomic mass is 10.2. The van der Waals surface area contributed by atoms with Gasteiger partial charge in [-0.3, -0.25) is 9.36 Å². The number of rotatable bonds is 8. The number of aromatic nitrogens is 2. The number of aryl methyl sites for hydroxylation is 1. The third-order valence-electron chi connectivity index (χ3n) is 4.00. The van der Waals surface area contributed by atoms with Gasteiger partial charge < -0.3 is 14.5 Å². The van der Waals surface area contributed by atoms with Crippen molar-refractivity contribution in [2.24, 2.45) is 0 Å². The number of amides is 1. The van der Waals surface area contributed by atoms with Crippen molar-refractivity contribution in [1.29, 1.82) is 0 Å². The Labute approximate surface area is 157 Å². The molecule has 0 aliphatic heterocycles. The first-order chi connectivity index (χ1) is 13.0. The first-order valence-electron chi connectivity index (χ1n) is 8.99. The summed E-state index contributed by atoms with van der Waals surface area (Å²) in [5, 5.41) is 2.86.